The quantitative estimate of drug-likeness (QED) is 0.637. The van der Waals surface area contributed by atoms with Crippen molar-refractivity contribution in [2.24, 2.45) is 0 Å². The van der Waals surface area contributed by atoms with Crippen LogP contribution in [0.25, 0.3) is 11.1 Å². The lowest BCUT2D eigenvalue weighted by atomic mass is 10.1. The summed E-state index contributed by atoms with van der Waals surface area (Å²) >= 11 is 0. The van der Waals surface area contributed by atoms with Gasteiger partial charge in [-0.3, -0.25) is 0 Å². The molecule has 0 bridgehead atoms. The Kier molecular flexibility index (Phi) is 4.55. The lowest BCUT2D eigenvalue weighted by Crippen LogP contribution is -1.77. The Hall–Kier alpha value is -1.63. The number of hydrogen-bond donors (Lipinski definition) is 0. The molecule has 0 radical (unpaired) electrons. The van der Waals surface area contributed by atoms with Crippen LogP contribution in [0.5, 0.6) is 0 Å². The van der Waals surface area contributed by atoms with Gasteiger partial charge in [-0.15, -0.1) is 0 Å². The lowest BCUT2D eigenvalue weighted by molar-refractivity contribution is 0.628. The summed E-state index contributed by atoms with van der Waals surface area (Å²) in [5, 5.41) is 0. The van der Waals surface area contributed by atoms with Gasteiger partial charge in [0.05, 0.1) is 0 Å². The minimum atomic E-state index is -0.195. The molecule has 0 unspecified atom stereocenters. The summed E-state index contributed by atoms with van der Waals surface area (Å²) < 4.78 is 12.6. The summed E-state index contributed by atoms with van der Waals surface area (Å²) in [6.07, 6.45) is 0. The first kappa shape index (κ1) is 11.4. The molecule has 0 spiro atoms. The van der Waals surface area contributed by atoms with E-state index in [0.29, 0.717) is 0 Å². The zero-order valence-electron chi connectivity index (χ0n) is 9.07. The van der Waals surface area contributed by atoms with Gasteiger partial charge in [-0.2, -0.15) is 0 Å². The maximum Gasteiger partial charge on any atom is 0.123 e. The molecule has 0 atom stereocenters. The predicted molar refractivity (Wildman–Crippen MR) is 63.2 cm³/mol. The second kappa shape index (κ2) is 5.97. The molecule has 0 heterocycles. The van der Waals surface area contributed by atoms with Gasteiger partial charge in [-0.25, -0.2) is 4.39 Å². The summed E-state index contributed by atoms with van der Waals surface area (Å²) in [6.45, 7) is 4.00. The van der Waals surface area contributed by atoms with Crippen LogP contribution in [0, 0.1) is 5.82 Å². The van der Waals surface area contributed by atoms with Gasteiger partial charge >= 0.3 is 0 Å². The van der Waals surface area contributed by atoms with Crippen molar-refractivity contribution >= 4 is 0 Å². The highest BCUT2D eigenvalue weighted by atomic mass is 19.1. The van der Waals surface area contributed by atoms with Gasteiger partial charge in [0.1, 0.15) is 5.82 Å². The summed E-state index contributed by atoms with van der Waals surface area (Å²) in [5.74, 6) is -0.195. The number of hydrogen-bond acceptors (Lipinski definition) is 0. The average molecular weight is 202 g/mol. The Morgan fingerprint density at radius 1 is 0.667 bits per heavy atom. The molecular formula is C14H15F. The van der Waals surface area contributed by atoms with E-state index in [0.717, 1.165) is 11.1 Å². The fourth-order valence-electron chi connectivity index (χ4n) is 1.27. The second-order valence-corrected chi connectivity index (χ2v) is 2.87. The van der Waals surface area contributed by atoms with Crippen molar-refractivity contribution in [3.8, 4) is 11.1 Å². The van der Waals surface area contributed by atoms with E-state index in [2.05, 4.69) is 0 Å². The standard InChI is InChI=1S/C12H9F.C2H6/c13-12-8-6-11(7-9-12)10-4-2-1-3-5-10;1-2/h1-9H;1-2H3. The van der Waals surface area contributed by atoms with Gasteiger partial charge in [0, 0.05) is 0 Å². The van der Waals surface area contributed by atoms with Crippen LogP contribution in [0.2, 0.25) is 0 Å². The first-order valence-corrected chi connectivity index (χ1v) is 5.17. The summed E-state index contributed by atoms with van der Waals surface area (Å²) in [5.41, 5.74) is 2.16. The number of benzene rings is 2. The molecule has 0 N–H and O–H groups in total. The van der Waals surface area contributed by atoms with Crippen LogP contribution in [0.3, 0.4) is 0 Å². The van der Waals surface area contributed by atoms with Crippen LogP contribution in [0.4, 0.5) is 4.39 Å². The van der Waals surface area contributed by atoms with E-state index in [1.54, 1.807) is 12.1 Å². The van der Waals surface area contributed by atoms with E-state index in [1.807, 2.05) is 44.2 Å². The fourth-order valence-corrected chi connectivity index (χ4v) is 1.27. The van der Waals surface area contributed by atoms with Gasteiger partial charge in [-0.05, 0) is 23.3 Å². The Balaban J connectivity index is 0.000000531. The van der Waals surface area contributed by atoms with Crippen molar-refractivity contribution in [1.29, 1.82) is 0 Å². The SMILES string of the molecule is CC.Fc1ccc(-c2ccccc2)cc1. The summed E-state index contributed by atoms with van der Waals surface area (Å²) in [7, 11) is 0. The van der Waals surface area contributed by atoms with Crippen LogP contribution >= 0.6 is 0 Å². The first-order chi connectivity index (χ1) is 7.36. The molecule has 2 rings (SSSR count). The highest BCUT2D eigenvalue weighted by Gasteiger charge is 1.95. The molecule has 15 heavy (non-hydrogen) atoms. The molecule has 0 aliphatic carbocycles. The molecule has 2 aromatic rings. The van der Waals surface area contributed by atoms with E-state index in [-0.39, 0.29) is 5.82 Å². The van der Waals surface area contributed by atoms with Gasteiger partial charge in [0.2, 0.25) is 0 Å². The average Bonchev–Trinajstić information content (AvgIpc) is 2.34. The Morgan fingerprint density at radius 2 is 1.13 bits per heavy atom. The van der Waals surface area contributed by atoms with Crippen LogP contribution in [0.1, 0.15) is 13.8 Å². The predicted octanol–water partition coefficient (Wildman–Crippen LogP) is 4.52. The first-order valence-electron chi connectivity index (χ1n) is 5.17. The third-order valence-corrected chi connectivity index (χ3v) is 1.95. The van der Waals surface area contributed by atoms with Gasteiger partial charge in [-0.1, -0.05) is 56.3 Å². The second-order valence-electron chi connectivity index (χ2n) is 2.87. The van der Waals surface area contributed by atoms with E-state index < -0.39 is 0 Å². The molecule has 1 heteroatoms. The molecular weight excluding hydrogens is 187 g/mol. The van der Waals surface area contributed by atoms with Gasteiger partial charge in [0.25, 0.3) is 0 Å². The Bertz CT molecular complexity index is 376. The molecule has 0 amide bonds. The molecule has 2 aromatic carbocycles. The zero-order chi connectivity index (χ0) is 11.1. The van der Waals surface area contributed by atoms with E-state index >= 15 is 0 Å². The molecule has 0 aromatic heterocycles. The number of rotatable bonds is 1. The van der Waals surface area contributed by atoms with Crippen LogP contribution in [-0.4, -0.2) is 0 Å². The van der Waals surface area contributed by atoms with Gasteiger partial charge < -0.3 is 0 Å². The van der Waals surface area contributed by atoms with Crippen LogP contribution in [-0.2, 0) is 0 Å². The highest BCUT2D eigenvalue weighted by molar-refractivity contribution is 5.62. The maximum atomic E-state index is 12.6. The van der Waals surface area contributed by atoms with E-state index in [4.69, 9.17) is 0 Å². The molecule has 0 saturated heterocycles. The molecule has 0 aliphatic rings. The van der Waals surface area contributed by atoms with Crippen molar-refractivity contribution < 1.29 is 4.39 Å². The molecule has 0 fully saturated rings. The van der Waals surface area contributed by atoms with Crippen molar-refractivity contribution in [1.82, 2.24) is 0 Å². The Morgan fingerprint density at radius 3 is 1.67 bits per heavy atom. The van der Waals surface area contributed by atoms with Crippen LogP contribution < -0.4 is 0 Å². The van der Waals surface area contributed by atoms with Crippen LogP contribution in [0.15, 0.2) is 54.6 Å². The van der Waals surface area contributed by atoms with E-state index in [1.165, 1.54) is 12.1 Å². The number of halogens is 1. The molecule has 0 saturated carbocycles. The largest absolute Gasteiger partial charge is 0.207 e. The van der Waals surface area contributed by atoms with Crippen molar-refractivity contribution in [3.63, 3.8) is 0 Å². The fraction of sp³-hybridized carbons (Fsp3) is 0.143. The lowest BCUT2D eigenvalue weighted by Gasteiger charge is -1.99. The zero-order valence-corrected chi connectivity index (χ0v) is 9.07. The Labute approximate surface area is 90.4 Å². The van der Waals surface area contributed by atoms with Crippen molar-refractivity contribution in [3.05, 3.63) is 60.4 Å². The monoisotopic (exact) mass is 202 g/mol. The smallest absolute Gasteiger partial charge is 0.123 e. The third-order valence-electron chi connectivity index (χ3n) is 1.95. The minimum absolute atomic E-state index is 0.195. The molecule has 78 valence electrons. The van der Waals surface area contributed by atoms with Crippen molar-refractivity contribution in [2.45, 2.75) is 13.8 Å². The highest BCUT2D eigenvalue weighted by Crippen LogP contribution is 2.18. The summed E-state index contributed by atoms with van der Waals surface area (Å²) in [4.78, 5) is 0. The topological polar surface area (TPSA) is 0 Å². The molecule has 0 nitrogen and oxygen atoms in total. The maximum absolute atomic E-state index is 12.6. The summed E-state index contributed by atoms with van der Waals surface area (Å²) in [6, 6.07) is 16.4. The molecule has 0 aliphatic heterocycles. The third kappa shape index (κ3) is 3.21. The van der Waals surface area contributed by atoms with Gasteiger partial charge in [0.15, 0.2) is 0 Å². The van der Waals surface area contributed by atoms with Crippen molar-refractivity contribution in [2.75, 3.05) is 0 Å². The minimum Gasteiger partial charge on any atom is -0.207 e. The van der Waals surface area contributed by atoms with E-state index in [9.17, 15) is 4.39 Å². The normalized spacial score (nSPS) is 9.00.